The molecule has 2 aromatic heterocycles. The number of nitrogens with zero attached hydrogens (tertiary/aromatic N) is 2. The minimum atomic E-state index is -0.711. The Morgan fingerprint density at radius 3 is 2.61 bits per heavy atom. The van der Waals surface area contributed by atoms with Gasteiger partial charge in [0.05, 0.1) is 16.5 Å². The molecule has 3 aromatic rings. The predicted molar refractivity (Wildman–Crippen MR) is 112 cm³/mol. The number of carboxylic acid groups (broad SMARTS) is 1. The molecule has 5 nitrogen and oxygen atoms in total. The van der Waals surface area contributed by atoms with E-state index >= 15 is 0 Å². The number of fused-ring (bicyclic) bond motifs is 4. The van der Waals surface area contributed by atoms with Crippen molar-refractivity contribution in [2.75, 3.05) is 5.32 Å². The van der Waals surface area contributed by atoms with Crippen molar-refractivity contribution >= 4 is 44.8 Å². The first-order valence-corrected chi connectivity index (χ1v) is 10.8. The highest BCUT2D eigenvalue weighted by molar-refractivity contribution is 7.22. The van der Waals surface area contributed by atoms with Gasteiger partial charge >= 0.3 is 5.97 Å². The molecule has 2 atom stereocenters. The van der Waals surface area contributed by atoms with Gasteiger partial charge < -0.3 is 10.4 Å². The molecule has 28 heavy (non-hydrogen) atoms. The normalized spacial score (nSPS) is 26.5. The summed E-state index contributed by atoms with van der Waals surface area (Å²) in [7, 11) is 0. The van der Waals surface area contributed by atoms with Crippen molar-refractivity contribution in [3.05, 3.63) is 41.7 Å². The molecule has 0 radical (unpaired) electrons. The summed E-state index contributed by atoms with van der Waals surface area (Å²) < 4.78 is 1.19. The van der Waals surface area contributed by atoms with Crippen LogP contribution in [0.25, 0.3) is 20.7 Å². The van der Waals surface area contributed by atoms with Gasteiger partial charge in [-0.1, -0.05) is 18.2 Å². The molecule has 3 aliphatic carbocycles. The lowest BCUT2D eigenvalue weighted by molar-refractivity contribution is -0.148. The molecule has 2 bridgehead atoms. The number of hydrogen-bond acceptors (Lipinski definition) is 5. The van der Waals surface area contributed by atoms with Crippen molar-refractivity contribution in [3.63, 3.8) is 0 Å². The summed E-state index contributed by atoms with van der Waals surface area (Å²) in [6.07, 6.45) is 4.18. The number of nitrogens with one attached hydrogen (secondary N) is 1. The van der Waals surface area contributed by atoms with Crippen LogP contribution in [-0.4, -0.2) is 27.1 Å². The molecule has 0 saturated heterocycles. The molecular formula is C21H20ClN3O2S. The second-order valence-electron chi connectivity index (χ2n) is 7.76. The highest BCUT2D eigenvalue weighted by Gasteiger charge is 2.47. The fourth-order valence-corrected chi connectivity index (χ4v) is 6.11. The zero-order chi connectivity index (χ0) is 19.3. The molecule has 0 aliphatic heterocycles. The van der Waals surface area contributed by atoms with Crippen LogP contribution in [0.1, 0.15) is 25.7 Å². The van der Waals surface area contributed by atoms with Gasteiger partial charge in [-0.2, -0.15) is 0 Å². The van der Waals surface area contributed by atoms with Gasteiger partial charge in [0, 0.05) is 16.8 Å². The van der Waals surface area contributed by atoms with Gasteiger partial charge in [-0.05, 0) is 66.6 Å². The number of aromatic nitrogens is 2. The fraction of sp³-hybridized carbons (Fsp3) is 0.381. The Labute approximate surface area is 171 Å². The maximum Gasteiger partial charge on any atom is 0.308 e. The Morgan fingerprint density at radius 2 is 1.86 bits per heavy atom. The van der Waals surface area contributed by atoms with Gasteiger partial charge in [-0.3, -0.25) is 4.79 Å². The first-order valence-electron chi connectivity index (χ1n) is 9.61. The van der Waals surface area contributed by atoms with E-state index in [-0.39, 0.29) is 23.2 Å². The van der Waals surface area contributed by atoms with Crippen molar-refractivity contribution in [2.24, 2.45) is 17.8 Å². The molecule has 144 valence electrons. The zero-order valence-corrected chi connectivity index (χ0v) is 16.7. The van der Waals surface area contributed by atoms with Crippen LogP contribution in [0, 0.1) is 17.8 Å². The van der Waals surface area contributed by atoms with Crippen molar-refractivity contribution in [1.29, 1.82) is 0 Å². The Hall–Kier alpha value is -2.18. The van der Waals surface area contributed by atoms with Crippen LogP contribution < -0.4 is 5.32 Å². The number of carbonyl (C=O) groups is 1. The van der Waals surface area contributed by atoms with Crippen LogP contribution in [0.4, 0.5) is 5.82 Å². The summed E-state index contributed by atoms with van der Waals surface area (Å²) in [4.78, 5) is 21.7. The minimum absolute atomic E-state index is 0.105. The molecule has 1 aromatic carbocycles. The Morgan fingerprint density at radius 1 is 1.11 bits per heavy atom. The van der Waals surface area contributed by atoms with Gasteiger partial charge in [0.15, 0.2) is 0 Å². The van der Waals surface area contributed by atoms with Crippen LogP contribution >= 0.6 is 22.9 Å². The second-order valence-corrected chi connectivity index (χ2v) is 9.19. The third kappa shape index (κ3) is 3.14. The van der Waals surface area contributed by atoms with Crippen LogP contribution in [0.3, 0.4) is 0 Å². The average molecular weight is 414 g/mol. The van der Waals surface area contributed by atoms with Gasteiger partial charge in [0.1, 0.15) is 5.82 Å². The summed E-state index contributed by atoms with van der Waals surface area (Å²) >= 11 is 7.88. The summed E-state index contributed by atoms with van der Waals surface area (Å²) in [5.41, 5.74) is 0.761. The summed E-state index contributed by atoms with van der Waals surface area (Å²) in [6.45, 7) is 0. The van der Waals surface area contributed by atoms with Crippen molar-refractivity contribution in [3.8, 4) is 10.6 Å². The minimum Gasteiger partial charge on any atom is -0.481 e. The number of benzene rings is 1. The molecule has 2 heterocycles. The highest BCUT2D eigenvalue weighted by Crippen LogP contribution is 2.46. The monoisotopic (exact) mass is 413 g/mol. The number of carboxylic acids is 1. The summed E-state index contributed by atoms with van der Waals surface area (Å²) in [5.74, 6) is 0.147. The molecule has 0 amide bonds. The molecule has 2 unspecified atom stereocenters. The lowest BCUT2D eigenvalue weighted by atomic mass is 9.61. The number of anilines is 1. The molecule has 6 rings (SSSR count). The van der Waals surface area contributed by atoms with Crippen molar-refractivity contribution in [1.82, 2.24) is 9.97 Å². The van der Waals surface area contributed by atoms with Crippen LogP contribution in [-0.2, 0) is 4.79 Å². The van der Waals surface area contributed by atoms with Crippen LogP contribution in [0.5, 0.6) is 0 Å². The van der Waals surface area contributed by atoms with E-state index in [0.717, 1.165) is 36.3 Å². The first-order chi connectivity index (χ1) is 13.6. The van der Waals surface area contributed by atoms with E-state index in [1.165, 1.54) is 10.1 Å². The van der Waals surface area contributed by atoms with E-state index in [0.29, 0.717) is 11.7 Å². The average Bonchev–Trinajstić information content (AvgIpc) is 3.12. The second kappa shape index (κ2) is 7.01. The summed E-state index contributed by atoms with van der Waals surface area (Å²) in [5, 5.41) is 14.5. The standard InChI is InChI=1S/C21H20ClN3O2S/c22-21-23-14(16-9-13-3-1-2-4-15(13)28-16)10-17(25-21)24-19-12-7-5-11(6-8-12)18(19)20(26)27/h1-4,9-12,18-19H,5-8H2,(H,26,27)(H,23,24,25). The van der Waals surface area contributed by atoms with Gasteiger partial charge in [-0.15, -0.1) is 11.3 Å². The third-order valence-corrected chi connectivity index (χ3v) is 7.50. The molecule has 2 N–H and O–H groups in total. The summed E-state index contributed by atoms with van der Waals surface area (Å²) in [6, 6.07) is 12.1. The van der Waals surface area contributed by atoms with E-state index in [1.807, 2.05) is 18.2 Å². The van der Waals surface area contributed by atoms with E-state index in [4.69, 9.17) is 11.6 Å². The maximum atomic E-state index is 11.9. The predicted octanol–water partition coefficient (Wildman–Crippen LogP) is 5.31. The number of rotatable bonds is 4. The van der Waals surface area contributed by atoms with Crippen LogP contribution in [0.15, 0.2) is 36.4 Å². The Balaban J connectivity index is 1.48. The number of halogens is 1. The van der Waals surface area contributed by atoms with Gasteiger partial charge in [0.25, 0.3) is 0 Å². The van der Waals surface area contributed by atoms with E-state index in [1.54, 1.807) is 11.3 Å². The van der Waals surface area contributed by atoms with Crippen molar-refractivity contribution in [2.45, 2.75) is 31.7 Å². The maximum absolute atomic E-state index is 11.9. The Bertz CT molecular complexity index is 1010. The first kappa shape index (κ1) is 17.9. The molecule has 3 fully saturated rings. The largest absolute Gasteiger partial charge is 0.481 e. The SMILES string of the molecule is O=C(O)C1C2CCC(CC2)C1Nc1cc(-c2cc3ccccc3s2)nc(Cl)n1. The number of thiophene rings is 1. The fourth-order valence-electron chi connectivity index (χ4n) is 4.91. The third-order valence-electron chi connectivity index (χ3n) is 6.20. The lowest BCUT2D eigenvalue weighted by Crippen LogP contribution is -2.51. The highest BCUT2D eigenvalue weighted by atomic mass is 35.5. The molecule has 7 heteroatoms. The zero-order valence-electron chi connectivity index (χ0n) is 15.1. The van der Waals surface area contributed by atoms with Gasteiger partial charge in [0.2, 0.25) is 5.28 Å². The van der Waals surface area contributed by atoms with E-state index in [2.05, 4.69) is 33.5 Å². The van der Waals surface area contributed by atoms with E-state index < -0.39 is 5.97 Å². The molecular weight excluding hydrogens is 394 g/mol. The topological polar surface area (TPSA) is 75.1 Å². The van der Waals surface area contributed by atoms with E-state index in [9.17, 15) is 9.90 Å². The smallest absolute Gasteiger partial charge is 0.308 e. The lowest BCUT2D eigenvalue weighted by Gasteiger charge is -2.47. The Kier molecular flexibility index (Phi) is 4.48. The molecule has 3 aliphatic rings. The molecule has 3 saturated carbocycles. The van der Waals surface area contributed by atoms with Crippen molar-refractivity contribution < 1.29 is 9.90 Å². The quantitative estimate of drug-likeness (QED) is 0.566. The number of aliphatic carboxylic acids is 1. The van der Waals surface area contributed by atoms with Gasteiger partial charge in [-0.25, -0.2) is 9.97 Å². The van der Waals surface area contributed by atoms with Crippen LogP contribution in [0.2, 0.25) is 5.28 Å². The number of hydrogen-bond donors (Lipinski definition) is 2. The molecule has 0 spiro atoms.